The summed E-state index contributed by atoms with van der Waals surface area (Å²) in [6, 6.07) is 8.23. The van der Waals surface area contributed by atoms with Crippen molar-refractivity contribution in [3.63, 3.8) is 0 Å². The van der Waals surface area contributed by atoms with Gasteiger partial charge in [-0.3, -0.25) is 0 Å². The van der Waals surface area contributed by atoms with Gasteiger partial charge in [-0.1, -0.05) is 12.1 Å². The van der Waals surface area contributed by atoms with Gasteiger partial charge in [-0.15, -0.1) is 12.4 Å². The molecule has 0 atom stereocenters. The van der Waals surface area contributed by atoms with Gasteiger partial charge in [0.1, 0.15) is 5.75 Å². The number of para-hydroxylation sites is 2. The maximum atomic E-state index is 5.32. The minimum Gasteiger partial charge on any atom is -0.495 e. The van der Waals surface area contributed by atoms with E-state index in [4.69, 9.17) is 4.74 Å². The summed E-state index contributed by atoms with van der Waals surface area (Å²) in [7, 11) is 1.73. The molecule has 0 unspecified atom stereocenters. The smallest absolute Gasteiger partial charge is 0.142 e. The molecule has 14 heavy (non-hydrogen) atoms. The summed E-state index contributed by atoms with van der Waals surface area (Å²) in [5.41, 5.74) is 1.24. The molecule has 2 nitrogen and oxygen atoms in total. The van der Waals surface area contributed by atoms with Crippen LogP contribution < -0.4 is 9.64 Å². The molecule has 0 aliphatic carbocycles. The second kappa shape index (κ2) is 5.11. The third-order valence-corrected chi connectivity index (χ3v) is 2.53. The molecule has 0 bridgehead atoms. The van der Waals surface area contributed by atoms with Gasteiger partial charge in [-0.2, -0.15) is 0 Å². The molecule has 1 aliphatic heterocycles. The molecule has 0 saturated carbocycles. The Morgan fingerprint density at radius 2 is 1.79 bits per heavy atom. The molecule has 78 valence electrons. The lowest BCUT2D eigenvalue weighted by atomic mass is 10.2. The standard InChI is InChI=1S/C11H15NO.ClH/c1-13-11-7-3-2-6-10(11)12-8-4-5-9-12;/h2-3,6-7H,4-5,8-9H2,1H3;1H. The minimum atomic E-state index is 0. The molecule has 1 aromatic rings. The van der Waals surface area contributed by atoms with Crippen LogP contribution in [0.25, 0.3) is 0 Å². The molecular weight excluding hydrogens is 198 g/mol. The van der Waals surface area contributed by atoms with Crippen molar-refractivity contribution in [2.24, 2.45) is 0 Å². The SMILES string of the molecule is COc1ccccc1N1CCCC1.Cl. The number of benzene rings is 1. The molecule has 1 aromatic carbocycles. The van der Waals surface area contributed by atoms with Crippen LogP contribution in [0.2, 0.25) is 0 Å². The molecule has 0 N–H and O–H groups in total. The first-order chi connectivity index (χ1) is 6.42. The van der Waals surface area contributed by atoms with E-state index in [1.54, 1.807) is 7.11 Å². The van der Waals surface area contributed by atoms with E-state index in [-0.39, 0.29) is 12.4 Å². The van der Waals surface area contributed by atoms with Crippen LogP contribution in [0, 0.1) is 0 Å². The van der Waals surface area contributed by atoms with E-state index in [0.717, 1.165) is 5.75 Å². The summed E-state index contributed by atoms with van der Waals surface area (Å²) < 4.78 is 5.32. The molecule has 1 aliphatic rings. The van der Waals surface area contributed by atoms with E-state index in [9.17, 15) is 0 Å². The van der Waals surface area contributed by atoms with E-state index in [1.807, 2.05) is 12.1 Å². The summed E-state index contributed by atoms with van der Waals surface area (Å²) in [5, 5.41) is 0. The predicted octanol–water partition coefficient (Wildman–Crippen LogP) is 2.72. The molecule has 1 heterocycles. The van der Waals surface area contributed by atoms with Crippen LogP contribution in [0.4, 0.5) is 5.69 Å². The molecule has 2 rings (SSSR count). The number of halogens is 1. The van der Waals surface area contributed by atoms with E-state index in [2.05, 4.69) is 17.0 Å². The monoisotopic (exact) mass is 213 g/mol. The molecular formula is C11H16ClNO. The fourth-order valence-corrected chi connectivity index (χ4v) is 1.85. The Hall–Kier alpha value is -0.890. The van der Waals surface area contributed by atoms with Gasteiger partial charge in [0.15, 0.2) is 0 Å². The number of rotatable bonds is 2. The van der Waals surface area contributed by atoms with Gasteiger partial charge < -0.3 is 9.64 Å². The van der Waals surface area contributed by atoms with Crippen molar-refractivity contribution >= 4 is 18.1 Å². The Kier molecular flexibility index (Phi) is 4.08. The Labute approximate surface area is 91.3 Å². The topological polar surface area (TPSA) is 12.5 Å². The zero-order chi connectivity index (χ0) is 9.10. The van der Waals surface area contributed by atoms with E-state index in [0.29, 0.717) is 0 Å². The lowest BCUT2D eigenvalue weighted by Crippen LogP contribution is -2.18. The van der Waals surface area contributed by atoms with Gasteiger partial charge in [0, 0.05) is 13.1 Å². The number of methoxy groups -OCH3 is 1. The summed E-state index contributed by atoms with van der Waals surface area (Å²) in [5.74, 6) is 0.990. The number of hydrogen-bond acceptors (Lipinski definition) is 2. The Bertz CT molecular complexity index is 284. The van der Waals surface area contributed by atoms with Crippen molar-refractivity contribution in [3.05, 3.63) is 24.3 Å². The second-order valence-electron chi connectivity index (χ2n) is 3.37. The third kappa shape index (κ3) is 2.13. The normalized spacial score (nSPS) is 15.1. The minimum absolute atomic E-state index is 0. The van der Waals surface area contributed by atoms with Crippen molar-refractivity contribution in [2.45, 2.75) is 12.8 Å². The van der Waals surface area contributed by atoms with Crippen molar-refractivity contribution in [2.75, 3.05) is 25.1 Å². The van der Waals surface area contributed by atoms with Gasteiger partial charge in [0.25, 0.3) is 0 Å². The van der Waals surface area contributed by atoms with Crippen LogP contribution in [-0.4, -0.2) is 20.2 Å². The number of nitrogens with zero attached hydrogens (tertiary/aromatic N) is 1. The largest absolute Gasteiger partial charge is 0.495 e. The average molecular weight is 214 g/mol. The number of ether oxygens (including phenoxy) is 1. The molecule has 0 amide bonds. The van der Waals surface area contributed by atoms with Crippen LogP contribution in [0.3, 0.4) is 0 Å². The highest BCUT2D eigenvalue weighted by molar-refractivity contribution is 5.85. The van der Waals surface area contributed by atoms with Crippen LogP contribution in [0.1, 0.15) is 12.8 Å². The molecule has 0 aromatic heterocycles. The summed E-state index contributed by atoms with van der Waals surface area (Å²) in [4.78, 5) is 2.39. The first-order valence-electron chi connectivity index (χ1n) is 4.80. The summed E-state index contributed by atoms with van der Waals surface area (Å²) >= 11 is 0. The van der Waals surface area contributed by atoms with E-state index >= 15 is 0 Å². The van der Waals surface area contributed by atoms with Gasteiger partial charge >= 0.3 is 0 Å². The second-order valence-corrected chi connectivity index (χ2v) is 3.37. The first kappa shape index (κ1) is 11.2. The molecule has 0 radical (unpaired) electrons. The predicted molar refractivity (Wildman–Crippen MR) is 61.7 cm³/mol. The van der Waals surface area contributed by atoms with Crippen molar-refractivity contribution in [3.8, 4) is 5.75 Å². The van der Waals surface area contributed by atoms with Gasteiger partial charge in [0.05, 0.1) is 12.8 Å². The molecule has 1 fully saturated rings. The Balaban J connectivity index is 0.000000980. The van der Waals surface area contributed by atoms with Gasteiger partial charge in [-0.25, -0.2) is 0 Å². The summed E-state index contributed by atoms with van der Waals surface area (Å²) in [6.45, 7) is 2.33. The maximum absolute atomic E-state index is 5.32. The van der Waals surface area contributed by atoms with E-state index < -0.39 is 0 Å². The maximum Gasteiger partial charge on any atom is 0.142 e. The Morgan fingerprint density at radius 3 is 2.43 bits per heavy atom. The van der Waals surface area contributed by atoms with Crippen LogP contribution >= 0.6 is 12.4 Å². The first-order valence-corrected chi connectivity index (χ1v) is 4.80. The van der Waals surface area contributed by atoms with Crippen LogP contribution in [-0.2, 0) is 0 Å². The summed E-state index contributed by atoms with van der Waals surface area (Å²) in [6.07, 6.45) is 2.61. The highest BCUT2D eigenvalue weighted by atomic mass is 35.5. The van der Waals surface area contributed by atoms with Crippen molar-refractivity contribution < 1.29 is 4.74 Å². The Morgan fingerprint density at radius 1 is 1.14 bits per heavy atom. The van der Waals surface area contributed by atoms with Crippen LogP contribution in [0.5, 0.6) is 5.75 Å². The quantitative estimate of drug-likeness (QED) is 0.749. The highest BCUT2D eigenvalue weighted by Gasteiger charge is 2.15. The fourth-order valence-electron chi connectivity index (χ4n) is 1.85. The lowest BCUT2D eigenvalue weighted by Gasteiger charge is -2.19. The number of hydrogen-bond donors (Lipinski definition) is 0. The third-order valence-electron chi connectivity index (χ3n) is 2.53. The number of anilines is 1. The van der Waals surface area contributed by atoms with E-state index in [1.165, 1.54) is 31.6 Å². The fraction of sp³-hybridized carbons (Fsp3) is 0.455. The van der Waals surface area contributed by atoms with Crippen molar-refractivity contribution in [1.82, 2.24) is 0 Å². The van der Waals surface area contributed by atoms with Gasteiger partial charge in [-0.05, 0) is 25.0 Å². The van der Waals surface area contributed by atoms with Crippen molar-refractivity contribution in [1.29, 1.82) is 0 Å². The molecule has 1 saturated heterocycles. The lowest BCUT2D eigenvalue weighted by molar-refractivity contribution is 0.415. The average Bonchev–Trinajstić information content (AvgIpc) is 2.70. The van der Waals surface area contributed by atoms with Gasteiger partial charge in [0.2, 0.25) is 0 Å². The zero-order valence-electron chi connectivity index (χ0n) is 8.40. The zero-order valence-corrected chi connectivity index (χ0v) is 9.22. The highest BCUT2D eigenvalue weighted by Crippen LogP contribution is 2.29. The van der Waals surface area contributed by atoms with Crippen LogP contribution in [0.15, 0.2) is 24.3 Å². The molecule has 0 spiro atoms. The molecule has 3 heteroatoms.